The van der Waals surface area contributed by atoms with Gasteiger partial charge in [0.05, 0.1) is 94.6 Å². The summed E-state index contributed by atoms with van der Waals surface area (Å²) in [5.41, 5.74) is 0.161. The monoisotopic (exact) mass is 1250 g/mol. The van der Waals surface area contributed by atoms with E-state index in [4.69, 9.17) is 23.7 Å². The van der Waals surface area contributed by atoms with E-state index in [1.54, 1.807) is 81.4 Å². The summed E-state index contributed by atoms with van der Waals surface area (Å²) in [7, 11) is -24.5. The second-order valence-electron chi connectivity index (χ2n) is 20.1. The smallest absolute Gasteiger partial charge is 0.303 e. The highest BCUT2D eigenvalue weighted by Gasteiger charge is 2.47. The normalized spacial score (nSPS) is 17.4. The van der Waals surface area contributed by atoms with Crippen molar-refractivity contribution in [2.75, 3.05) is 90.3 Å². The van der Waals surface area contributed by atoms with Gasteiger partial charge in [0.1, 0.15) is 47.0 Å². The van der Waals surface area contributed by atoms with E-state index >= 15 is 0 Å². The van der Waals surface area contributed by atoms with Gasteiger partial charge >= 0.3 is 5.97 Å². The summed E-state index contributed by atoms with van der Waals surface area (Å²) in [6, 6.07) is 8.78. The molecule has 2 aliphatic heterocycles. The molecule has 0 aromatic heterocycles. The van der Waals surface area contributed by atoms with Gasteiger partial charge in [-0.1, -0.05) is 36.4 Å². The van der Waals surface area contributed by atoms with Crippen molar-refractivity contribution < 1.29 is 103 Å². The molecule has 83 heavy (non-hydrogen) atoms. The summed E-state index contributed by atoms with van der Waals surface area (Å²) in [5, 5.41) is 8.84. The SMILES string of the molecule is COCCOCCOCCOCCOCCN1/C(=C/C=C/C=C/C=C/C2=[N+](CCCCCC(=O)O)c3ccc4c(S(=O)(=O)[O-])cc(S(=O)(=O)[O-])cc4c3C2(C)C)C(C)(CCCS(=O)(=O)[O-])c2c1ccc1c(S(=O)(=O)[O-])cc(S(=O)(=O)[O-])cc21. The van der Waals surface area contributed by atoms with E-state index in [2.05, 4.69) is 0 Å². The Bertz CT molecular complexity index is 3820. The molecule has 0 bridgehead atoms. The van der Waals surface area contributed by atoms with Crippen molar-refractivity contribution in [3.63, 3.8) is 0 Å². The van der Waals surface area contributed by atoms with Crippen molar-refractivity contribution in [1.29, 1.82) is 0 Å². The lowest BCUT2D eigenvalue weighted by Gasteiger charge is -2.31. The van der Waals surface area contributed by atoms with Gasteiger partial charge in [0.25, 0.3) is 0 Å². The Balaban J connectivity index is 1.37. The maximum absolute atomic E-state index is 12.7. The van der Waals surface area contributed by atoms with Gasteiger partial charge in [-0.2, -0.15) is 4.58 Å². The Morgan fingerprint density at radius 3 is 1.61 bits per heavy atom. The van der Waals surface area contributed by atoms with Crippen molar-refractivity contribution >= 4 is 95.2 Å². The van der Waals surface area contributed by atoms with Gasteiger partial charge in [0, 0.05) is 72.1 Å². The molecule has 0 radical (unpaired) electrons. The molecule has 0 fully saturated rings. The van der Waals surface area contributed by atoms with Crippen LogP contribution in [0, 0.1) is 0 Å². The zero-order valence-corrected chi connectivity index (χ0v) is 49.9. The molecule has 1 atom stereocenters. The summed E-state index contributed by atoms with van der Waals surface area (Å²) >= 11 is 0. The number of ether oxygens (including phenoxy) is 5. The number of anilines is 1. The van der Waals surface area contributed by atoms with Crippen LogP contribution >= 0.6 is 0 Å². The van der Waals surface area contributed by atoms with E-state index in [1.807, 2.05) is 4.58 Å². The fourth-order valence-corrected chi connectivity index (χ4v) is 13.6. The molecule has 6 rings (SSSR count). The Labute approximate surface area is 483 Å². The number of carboxylic acids is 1. The minimum absolute atomic E-state index is 0.0358. The van der Waals surface area contributed by atoms with Gasteiger partial charge in [-0.15, -0.1) is 0 Å². The first kappa shape index (κ1) is 66.8. The summed E-state index contributed by atoms with van der Waals surface area (Å²) in [5.74, 6) is -1.78. The van der Waals surface area contributed by atoms with Gasteiger partial charge in [-0.25, -0.2) is 42.1 Å². The summed E-state index contributed by atoms with van der Waals surface area (Å²) in [6.45, 7) is 8.17. The Kier molecular flexibility index (Phi) is 22.4. The molecule has 2 heterocycles. The average Bonchev–Trinajstić information content (AvgIpc) is 1.95. The third-order valence-corrected chi connectivity index (χ3v) is 18.2. The number of benzene rings is 4. The number of carboxylic acid groups (broad SMARTS) is 1. The van der Waals surface area contributed by atoms with Crippen LogP contribution in [-0.2, 0) is 89.9 Å². The van der Waals surface area contributed by atoms with Crippen molar-refractivity contribution in [1.82, 2.24) is 0 Å². The lowest BCUT2D eigenvalue weighted by atomic mass is 9.75. The van der Waals surface area contributed by atoms with E-state index in [-0.39, 0.29) is 79.3 Å². The summed E-state index contributed by atoms with van der Waals surface area (Å²) in [6.07, 6.45) is 12.6. The number of allylic oxidation sites excluding steroid dienone is 8. The standard InChI is InChI=1S/C54H68N2O22S5/c1-53(2)48(55(22-12-8-11-16-50(57)58)44-19-17-40-42(51(44)53)34-38(80(62,63)64)36-46(40)82(68,69)70)14-9-6-5-7-10-15-49-54(3,21-13-33-79(59,60)61)52-43-35-39(81(65,66)67)37-47(83(71,72)73)41(43)18-20-45(52)56(49)23-24-75-27-28-77-31-32-78-30-29-76-26-25-74-4/h5-7,9-10,14-15,17-20,34-37H,8,11-13,16,21-33H2,1-4H3,(H5-,57,58,59,60,61,62,63,64,65,66,67,68,69,70,71,72,73)/p-4. The minimum Gasteiger partial charge on any atom is -0.748 e. The fourth-order valence-electron chi connectivity index (χ4n) is 10.4. The highest BCUT2D eigenvalue weighted by molar-refractivity contribution is 7.87. The summed E-state index contributed by atoms with van der Waals surface area (Å²) in [4.78, 5) is 9.23. The Morgan fingerprint density at radius 1 is 0.590 bits per heavy atom. The molecular weight excluding hydrogens is 1190 g/mol. The number of hydrogen-bond donors (Lipinski definition) is 1. The second-order valence-corrected chi connectivity index (χ2v) is 27.1. The maximum Gasteiger partial charge on any atom is 0.303 e. The number of nitrogens with zero attached hydrogens (tertiary/aromatic N) is 2. The number of rotatable bonds is 33. The van der Waals surface area contributed by atoms with Crippen molar-refractivity contribution in [2.45, 2.75) is 89.7 Å². The lowest BCUT2D eigenvalue weighted by molar-refractivity contribution is -0.438. The quantitative estimate of drug-likeness (QED) is 0.0284. The third-order valence-electron chi connectivity index (χ3n) is 14.1. The van der Waals surface area contributed by atoms with Gasteiger partial charge in [-0.3, -0.25) is 4.79 Å². The van der Waals surface area contributed by atoms with Crippen molar-refractivity contribution in [3.05, 3.63) is 108 Å². The molecule has 2 aliphatic rings. The van der Waals surface area contributed by atoms with Crippen molar-refractivity contribution in [2.24, 2.45) is 0 Å². The predicted molar refractivity (Wildman–Crippen MR) is 298 cm³/mol. The first-order valence-corrected chi connectivity index (χ1v) is 33.2. The van der Waals surface area contributed by atoms with Crippen LogP contribution in [0.25, 0.3) is 21.5 Å². The van der Waals surface area contributed by atoms with Crippen molar-refractivity contribution in [3.8, 4) is 0 Å². The number of methoxy groups -OCH3 is 1. The molecule has 0 saturated heterocycles. The zero-order valence-electron chi connectivity index (χ0n) is 45.8. The van der Waals surface area contributed by atoms with Crippen LogP contribution in [0.2, 0.25) is 0 Å². The topological polar surface area (TPSA) is 376 Å². The number of carbonyl (C=O) groups is 1. The lowest BCUT2D eigenvalue weighted by Crippen LogP contribution is -2.31. The first-order valence-electron chi connectivity index (χ1n) is 26.0. The van der Waals surface area contributed by atoms with Gasteiger partial charge in [-0.05, 0) is 111 Å². The zero-order chi connectivity index (χ0) is 61.2. The molecule has 0 amide bonds. The van der Waals surface area contributed by atoms with Crippen LogP contribution in [0.5, 0.6) is 0 Å². The molecule has 456 valence electrons. The van der Waals surface area contributed by atoms with Crippen LogP contribution in [0.4, 0.5) is 11.4 Å². The maximum atomic E-state index is 12.7. The summed E-state index contributed by atoms with van der Waals surface area (Å²) < 4.78 is 215. The van der Waals surface area contributed by atoms with Crippen LogP contribution in [0.15, 0.2) is 116 Å². The van der Waals surface area contributed by atoms with Gasteiger partial charge in [0.15, 0.2) is 5.71 Å². The average molecular weight is 1250 g/mol. The van der Waals surface area contributed by atoms with Crippen LogP contribution < -0.4 is 4.90 Å². The number of aliphatic carboxylic acids is 1. The predicted octanol–water partition coefficient (Wildman–Crippen LogP) is 5.00. The van der Waals surface area contributed by atoms with E-state index < -0.39 is 92.7 Å². The molecule has 4 aromatic rings. The Morgan fingerprint density at radius 2 is 1.10 bits per heavy atom. The van der Waals surface area contributed by atoms with Crippen LogP contribution in [0.1, 0.15) is 70.4 Å². The first-order chi connectivity index (χ1) is 38.8. The van der Waals surface area contributed by atoms with E-state index in [1.165, 1.54) is 18.2 Å². The van der Waals surface area contributed by atoms with Crippen LogP contribution in [-0.4, -0.2) is 172 Å². The molecule has 0 saturated carbocycles. The molecule has 0 spiro atoms. The largest absolute Gasteiger partial charge is 0.748 e. The van der Waals surface area contributed by atoms with Crippen LogP contribution in [0.3, 0.4) is 0 Å². The molecule has 24 nitrogen and oxygen atoms in total. The fraction of sp³-hybridized carbons (Fsp3) is 0.444. The van der Waals surface area contributed by atoms with E-state index in [0.29, 0.717) is 99.3 Å². The molecule has 29 heteroatoms. The van der Waals surface area contributed by atoms with Gasteiger partial charge in [0.2, 0.25) is 5.69 Å². The Hall–Kier alpha value is -5.35. The third kappa shape index (κ3) is 17.0. The number of unbranched alkanes of at least 4 members (excludes halogenated alkanes) is 2. The molecule has 4 aromatic carbocycles. The molecule has 0 aliphatic carbocycles. The molecule has 1 N–H and O–H groups in total. The highest BCUT2D eigenvalue weighted by atomic mass is 32.2. The van der Waals surface area contributed by atoms with E-state index in [9.17, 15) is 74.8 Å². The molecular formula is C54H64N2O22S5-4. The highest BCUT2D eigenvalue weighted by Crippen LogP contribution is 2.54. The minimum atomic E-state index is -5.41. The van der Waals surface area contributed by atoms with E-state index in [0.717, 1.165) is 12.1 Å². The number of hydrogen-bond acceptors (Lipinski definition) is 22. The van der Waals surface area contributed by atoms with Gasteiger partial charge < -0.3 is 56.5 Å². The second kappa shape index (κ2) is 27.8. The number of fused-ring (bicyclic) bond motifs is 6. The molecule has 1 unspecified atom stereocenters.